The fourth-order valence-corrected chi connectivity index (χ4v) is 4.69. The smallest absolute Gasteiger partial charge is 0.110 e. The molecular weight excluding hydrogens is 1050 g/mol. The minimum absolute atomic E-state index is 0. The van der Waals surface area contributed by atoms with Gasteiger partial charge in [0.1, 0.15) is 110 Å². The third kappa shape index (κ3) is 44.0. The lowest BCUT2D eigenvalue weighted by atomic mass is 10.0. The second kappa shape index (κ2) is 56.6. The third-order valence-corrected chi connectivity index (χ3v) is 10.6. The molecule has 0 saturated heterocycles. The Hall–Kier alpha value is -1.28. The van der Waals surface area contributed by atoms with Crippen molar-refractivity contribution in [2.75, 3.05) is 52.9 Å². The van der Waals surface area contributed by atoms with Gasteiger partial charge in [0.25, 0.3) is 0 Å². The Bertz CT molecular complexity index is 963. The summed E-state index contributed by atoms with van der Waals surface area (Å²) in [6.07, 6.45) is -29.3. The lowest BCUT2D eigenvalue weighted by Gasteiger charge is -2.24. The summed E-state index contributed by atoms with van der Waals surface area (Å²) in [6.45, 7) is 5.19. The van der Waals surface area contributed by atoms with Crippen molar-refractivity contribution >= 4 is 0 Å². The molecule has 77 heavy (non-hydrogen) atoms. The second-order valence-corrected chi connectivity index (χ2v) is 16.8. The number of aliphatic hydroxyl groups excluding tert-OH is 32. The van der Waals surface area contributed by atoms with Crippen molar-refractivity contribution in [2.24, 2.45) is 0 Å². The van der Waals surface area contributed by atoms with Gasteiger partial charge in [0.15, 0.2) is 0 Å². The molecule has 0 aromatic heterocycles. The molecule has 0 spiro atoms. The normalized spacial score (nSPS) is 20.5. The third-order valence-electron chi connectivity index (χ3n) is 10.6. The molecule has 0 bridgehead atoms. The first-order valence-corrected chi connectivity index (χ1v) is 24.4. The van der Waals surface area contributed by atoms with Crippen molar-refractivity contribution in [3.8, 4) is 0 Å². The van der Waals surface area contributed by atoms with Gasteiger partial charge in [0, 0.05) is 0 Å². The lowest BCUT2D eigenvalue weighted by molar-refractivity contribution is -0.115. The molecule has 0 amide bonds. The van der Waals surface area contributed by atoms with Crippen LogP contribution in [0.1, 0.15) is 87.5 Å². The van der Waals surface area contributed by atoms with Crippen molar-refractivity contribution in [1.29, 1.82) is 0 Å². The Balaban J connectivity index is -0.000000120. The van der Waals surface area contributed by atoms with Crippen LogP contribution in [0.3, 0.4) is 0 Å². The van der Waals surface area contributed by atoms with E-state index in [1.165, 1.54) is 0 Å². The van der Waals surface area contributed by atoms with Gasteiger partial charge in [0.2, 0.25) is 0 Å². The maximum Gasteiger partial charge on any atom is 0.110 e. The Morgan fingerprint density at radius 2 is 0.260 bits per heavy atom. The van der Waals surface area contributed by atoms with Crippen LogP contribution >= 0.6 is 0 Å². The summed E-state index contributed by atoms with van der Waals surface area (Å²) in [5, 5.41) is 281. The summed E-state index contributed by atoms with van der Waals surface area (Å²) < 4.78 is 0. The summed E-state index contributed by atoms with van der Waals surface area (Å²) in [5.74, 6) is 0. The predicted octanol–water partition coefficient (Wildman–Crippen LogP) is -13.4. The van der Waals surface area contributed by atoms with Crippen LogP contribution < -0.4 is 0 Å². The van der Waals surface area contributed by atoms with Gasteiger partial charge in [-0.15, -0.1) is 0 Å². The zero-order valence-electron chi connectivity index (χ0n) is 44.1. The molecule has 478 valence electrons. The Kier molecular flexibility index (Phi) is 67.7. The SMILES string of the molecule is C.CC[C@@H](O)[C@@H](O)CO.CC[C@@H](O)[C@@H](O)[C@H](O)[C@H](O)CO.CC[C@@H](O)[C@H](O)[C@@H](O)[C@H](O)CO.CC[C@H](O)[C@@H](O)[C@@H](O)[C@H](O)CO.CC[C@H](O)[C@@H](O)[C@H](O)[C@H](O)CO.CC[C@H](O)[C@H](O)[C@H](O)CO.OC[C@@H](O)C(O)[C@@H](O)CO. The van der Waals surface area contributed by atoms with Crippen LogP contribution in [0.5, 0.6) is 0 Å². The van der Waals surface area contributed by atoms with E-state index < -0.39 is 193 Å². The van der Waals surface area contributed by atoms with E-state index in [-0.39, 0.29) is 39.7 Å². The number of hydrogen-bond donors (Lipinski definition) is 32. The molecular formula is C45H106O32. The van der Waals surface area contributed by atoms with E-state index in [0.717, 1.165) is 0 Å². The van der Waals surface area contributed by atoms with Crippen LogP contribution in [0.2, 0.25) is 0 Å². The van der Waals surface area contributed by atoms with E-state index in [4.69, 9.17) is 163 Å². The van der Waals surface area contributed by atoms with Crippen LogP contribution in [0.25, 0.3) is 0 Å². The molecule has 0 aliphatic heterocycles. The van der Waals surface area contributed by atoms with Gasteiger partial charge in [-0.2, -0.15) is 0 Å². The first-order chi connectivity index (χ1) is 35.1. The molecule has 0 fully saturated rings. The van der Waals surface area contributed by atoms with E-state index >= 15 is 0 Å². The first kappa shape index (κ1) is 92.2. The number of rotatable bonds is 31. The summed E-state index contributed by atoms with van der Waals surface area (Å²) in [6, 6.07) is 0. The Morgan fingerprint density at radius 3 is 0.377 bits per heavy atom. The van der Waals surface area contributed by atoms with E-state index in [9.17, 15) is 0 Å². The maximum absolute atomic E-state index is 9.12. The fourth-order valence-electron chi connectivity index (χ4n) is 4.69. The molecule has 1 unspecified atom stereocenters. The Morgan fingerprint density at radius 1 is 0.156 bits per heavy atom. The van der Waals surface area contributed by atoms with Gasteiger partial charge >= 0.3 is 0 Å². The van der Waals surface area contributed by atoms with Gasteiger partial charge < -0.3 is 163 Å². The van der Waals surface area contributed by atoms with Gasteiger partial charge in [0.05, 0.1) is 89.5 Å². The summed E-state index contributed by atoms with van der Waals surface area (Å²) in [4.78, 5) is 0. The highest BCUT2D eigenvalue weighted by atomic mass is 16.4. The standard InChI is InChI=1S/4C7H16O5.C6H14O4.C5H12O5.C5H12O3.CH4/c4*1-2-4(9)6(11)7(12)5(10)3-8;1-2-4(8)6(10)5(9)3-7;6-1-3(8)5(10)4(9)2-7;1-2-4(7)5(8)3-6;/h4*4-12H,2-3H2,1H3;4-10H,2-3H2,1H3;3-10H,1-2H2;4-8H,2-3H2,1H3;1H4/t4-,5+,6+,7+;4-,5+,6+,7-;4-,5-,6+,7+;4-,5-,6-,7-;4-,5+,6-;3-,4+,5?;4-,5+;/m00110.1./s1. The van der Waals surface area contributed by atoms with Crippen LogP contribution in [0, 0.1) is 0 Å². The van der Waals surface area contributed by atoms with Gasteiger partial charge in [-0.25, -0.2) is 0 Å². The fraction of sp³-hybridized carbons (Fsp3) is 1.00. The average molecular weight is 1160 g/mol. The van der Waals surface area contributed by atoms with E-state index in [2.05, 4.69) is 0 Å². The highest BCUT2D eigenvalue weighted by Crippen LogP contribution is 2.10. The lowest BCUT2D eigenvalue weighted by Crippen LogP contribution is -2.45. The number of aliphatic hydroxyl groups is 32. The second-order valence-electron chi connectivity index (χ2n) is 16.8. The van der Waals surface area contributed by atoms with Crippen molar-refractivity contribution in [3.63, 3.8) is 0 Å². The topological polar surface area (TPSA) is 647 Å². The summed E-state index contributed by atoms with van der Waals surface area (Å²) in [7, 11) is 0. The van der Waals surface area contributed by atoms with Crippen LogP contribution in [-0.2, 0) is 0 Å². The molecule has 32 N–H and O–H groups in total. The number of hydrogen-bond acceptors (Lipinski definition) is 32. The molecule has 0 radical (unpaired) electrons. The molecule has 32 nitrogen and oxygen atoms in total. The van der Waals surface area contributed by atoms with E-state index in [1.807, 2.05) is 0 Å². The summed E-state index contributed by atoms with van der Waals surface area (Å²) >= 11 is 0. The predicted molar refractivity (Wildman–Crippen MR) is 269 cm³/mol. The molecule has 32 heteroatoms. The molecule has 0 aliphatic rings. The first-order valence-electron chi connectivity index (χ1n) is 24.4. The molecule has 0 saturated carbocycles. The molecule has 0 heterocycles. The Labute approximate surface area is 449 Å². The quantitative estimate of drug-likeness (QED) is 0.0306. The monoisotopic (exact) mass is 1160 g/mol. The van der Waals surface area contributed by atoms with Gasteiger partial charge in [-0.05, 0) is 38.5 Å². The van der Waals surface area contributed by atoms with E-state index in [0.29, 0.717) is 12.8 Å². The van der Waals surface area contributed by atoms with Crippen LogP contribution in [0.15, 0.2) is 0 Å². The van der Waals surface area contributed by atoms with Crippen molar-refractivity contribution in [2.45, 2.75) is 234 Å². The van der Waals surface area contributed by atoms with Crippen molar-refractivity contribution < 1.29 is 163 Å². The molecule has 0 rings (SSSR count). The zero-order chi connectivity index (χ0) is 61.8. The zero-order valence-corrected chi connectivity index (χ0v) is 44.1. The van der Waals surface area contributed by atoms with Gasteiger partial charge in [-0.1, -0.05) is 49.0 Å². The minimum Gasteiger partial charge on any atom is -0.394 e. The molecule has 0 aliphatic carbocycles. The highest BCUT2D eigenvalue weighted by molar-refractivity contribution is 4.82. The van der Waals surface area contributed by atoms with Crippen LogP contribution in [0.4, 0.5) is 0 Å². The molecule has 24 atom stereocenters. The minimum atomic E-state index is -1.51. The van der Waals surface area contributed by atoms with E-state index in [1.54, 1.807) is 41.5 Å². The highest BCUT2D eigenvalue weighted by Gasteiger charge is 2.32. The maximum atomic E-state index is 9.12. The average Bonchev–Trinajstić information content (AvgIpc) is 3.46. The van der Waals surface area contributed by atoms with Gasteiger partial charge in [-0.3, -0.25) is 0 Å². The van der Waals surface area contributed by atoms with Crippen molar-refractivity contribution in [3.05, 3.63) is 0 Å². The molecule has 0 aromatic rings. The summed E-state index contributed by atoms with van der Waals surface area (Å²) in [5.41, 5.74) is 0. The van der Waals surface area contributed by atoms with Crippen molar-refractivity contribution in [1.82, 2.24) is 0 Å². The molecule has 0 aromatic carbocycles. The largest absolute Gasteiger partial charge is 0.394 e. The van der Waals surface area contributed by atoms with Crippen LogP contribution in [-0.4, -0.2) is 363 Å².